The second-order valence-corrected chi connectivity index (χ2v) is 7.01. The van der Waals surface area contributed by atoms with E-state index < -0.39 is 0 Å². The van der Waals surface area contributed by atoms with Gasteiger partial charge in [0.1, 0.15) is 0 Å². The van der Waals surface area contributed by atoms with E-state index in [2.05, 4.69) is 49.5 Å². The first-order valence-corrected chi connectivity index (χ1v) is 8.03. The van der Waals surface area contributed by atoms with Gasteiger partial charge in [-0.2, -0.15) is 0 Å². The highest BCUT2D eigenvalue weighted by Gasteiger charge is 2.35. The molecule has 3 rings (SSSR count). The molecular formula is C18H27N. The normalized spacial score (nSPS) is 33.1. The zero-order chi connectivity index (χ0) is 13.2. The molecule has 3 unspecified atom stereocenters. The van der Waals surface area contributed by atoms with Gasteiger partial charge in [-0.25, -0.2) is 0 Å². The summed E-state index contributed by atoms with van der Waals surface area (Å²) in [5, 5.41) is 4.00. The van der Waals surface area contributed by atoms with Crippen LogP contribution in [0.4, 0.5) is 0 Å². The lowest BCUT2D eigenvalue weighted by Gasteiger charge is -2.35. The van der Waals surface area contributed by atoms with Gasteiger partial charge in [-0.05, 0) is 55.4 Å². The van der Waals surface area contributed by atoms with Crippen LogP contribution < -0.4 is 5.32 Å². The third kappa shape index (κ3) is 3.39. The fraction of sp³-hybridized carbons (Fsp3) is 0.667. The van der Waals surface area contributed by atoms with E-state index in [4.69, 9.17) is 0 Å². The van der Waals surface area contributed by atoms with Crippen molar-refractivity contribution in [3.8, 4) is 0 Å². The Morgan fingerprint density at radius 1 is 0.947 bits per heavy atom. The number of hydrogen-bond donors (Lipinski definition) is 1. The van der Waals surface area contributed by atoms with E-state index in [0.29, 0.717) is 6.04 Å². The summed E-state index contributed by atoms with van der Waals surface area (Å²) in [4.78, 5) is 0. The number of rotatable bonds is 4. The van der Waals surface area contributed by atoms with E-state index in [-0.39, 0.29) is 0 Å². The quantitative estimate of drug-likeness (QED) is 0.834. The second-order valence-electron chi connectivity index (χ2n) is 7.01. The Balaban J connectivity index is 1.68. The second kappa shape index (κ2) is 5.66. The van der Waals surface area contributed by atoms with Crippen LogP contribution in [0, 0.1) is 17.8 Å². The Morgan fingerprint density at radius 2 is 1.58 bits per heavy atom. The summed E-state index contributed by atoms with van der Waals surface area (Å²) in [5.41, 5.74) is 1.50. The van der Waals surface area contributed by atoms with Crippen molar-refractivity contribution in [3.05, 3.63) is 35.9 Å². The minimum Gasteiger partial charge on any atom is -0.307 e. The van der Waals surface area contributed by atoms with Crippen LogP contribution >= 0.6 is 0 Å². The van der Waals surface area contributed by atoms with E-state index in [1.165, 1.54) is 37.7 Å². The highest BCUT2D eigenvalue weighted by atomic mass is 15.0. The molecule has 2 saturated carbocycles. The Kier molecular flexibility index (Phi) is 3.93. The van der Waals surface area contributed by atoms with Crippen LogP contribution in [0.5, 0.6) is 0 Å². The van der Waals surface area contributed by atoms with Gasteiger partial charge >= 0.3 is 0 Å². The van der Waals surface area contributed by atoms with Crippen LogP contribution in [0.2, 0.25) is 0 Å². The Bertz CT molecular complexity index is 385. The van der Waals surface area contributed by atoms with Crippen LogP contribution in [-0.2, 0) is 0 Å². The maximum absolute atomic E-state index is 4.00. The number of nitrogens with one attached hydrogen (secondary N) is 1. The predicted octanol–water partition coefficient (Wildman–Crippen LogP) is 4.55. The average Bonchev–Trinajstić information content (AvgIpc) is 3.20. The molecule has 0 bridgehead atoms. The molecule has 0 radical (unpaired) electrons. The highest BCUT2D eigenvalue weighted by Crippen LogP contribution is 2.42. The zero-order valence-electron chi connectivity index (χ0n) is 12.3. The molecule has 1 aromatic carbocycles. The summed E-state index contributed by atoms with van der Waals surface area (Å²) < 4.78 is 0. The molecule has 0 saturated heterocycles. The summed E-state index contributed by atoms with van der Waals surface area (Å²) >= 11 is 0. The SMILES string of the molecule is CC1CC(C)CC(NC(c2ccccc2)C2CC2)C1. The van der Waals surface area contributed by atoms with Gasteiger partial charge in [-0.3, -0.25) is 0 Å². The van der Waals surface area contributed by atoms with E-state index >= 15 is 0 Å². The van der Waals surface area contributed by atoms with Crippen LogP contribution in [-0.4, -0.2) is 6.04 Å². The molecule has 2 aliphatic rings. The lowest BCUT2D eigenvalue weighted by molar-refractivity contribution is 0.220. The predicted molar refractivity (Wildman–Crippen MR) is 81.0 cm³/mol. The largest absolute Gasteiger partial charge is 0.307 e. The Morgan fingerprint density at radius 3 is 2.16 bits per heavy atom. The first kappa shape index (κ1) is 13.2. The number of benzene rings is 1. The molecule has 1 heteroatoms. The maximum atomic E-state index is 4.00. The molecule has 0 amide bonds. The fourth-order valence-electron chi connectivity index (χ4n) is 3.93. The summed E-state index contributed by atoms with van der Waals surface area (Å²) in [6, 6.07) is 12.4. The molecule has 1 N–H and O–H groups in total. The third-order valence-electron chi connectivity index (χ3n) is 4.85. The van der Waals surface area contributed by atoms with Gasteiger partial charge in [-0.15, -0.1) is 0 Å². The average molecular weight is 257 g/mol. The van der Waals surface area contributed by atoms with Crippen LogP contribution in [0.25, 0.3) is 0 Å². The van der Waals surface area contributed by atoms with E-state index in [1.54, 1.807) is 0 Å². The molecule has 0 heterocycles. The van der Waals surface area contributed by atoms with Crippen molar-refractivity contribution in [3.63, 3.8) is 0 Å². The topological polar surface area (TPSA) is 12.0 Å². The molecule has 3 atom stereocenters. The van der Waals surface area contributed by atoms with E-state index in [0.717, 1.165) is 23.8 Å². The van der Waals surface area contributed by atoms with Crippen molar-refractivity contribution >= 4 is 0 Å². The minimum absolute atomic E-state index is 0.601. The Labute approximate surface area is 117 Å². The molecule has 1 nitrogen and oxygen atoms in total. The van der Waals surface area contributed by atoms with Crippen molar-refractivity contribution in [2.24, 2.45) is 17.8 Å². The van der Waals surface area contributed by atoms with Crippen LogP contribution in [0.3, 0.4) is 0 Å². The van der Waals surface area contributed by atoms with Gasteiger partial charge in [-0.1, -0.05) is 44.2 Å². The Hall–Kier alpha value is -0.820. The molecule has 104 valence electrons. The third-order valence-corrected chi connectivity index (χ3v) is 4.85. The van der Waals surface area contributed by atoms with E-state index in [9.17, 15) is 0 Å². The highest BCUT2D eigenvalue weighted by molar-refractivity contribution is 5.21. The molecule has 19 heavy (non-hydrogen) atoms. The van der Waals surface area contributed by atoms with Gasteiger partial charge < -0.3 is 5.32 Å². The van der Waals surface area contributed by atoms with Crippen molar-refractivity contribution in [1.29, 1.82) is 0 Å². The van der Waals surface area contributed by atoms with Crippen molar-refractivity contribution < 1.29 is 0 Å². The standard InChI is InChI=1S/C18H27N/c1-13-10-14(2)12-17(11-13)19-18(16-8-9-16)15-6-4-3-5-7-15/h3-7,13-14,16-19H,8-12H2,1-2H3. The van der Waals surface area contributed by atoms with Gasteiger partial charge in [0.15, 0.2) is 0 Å². The first-order chi connectivity index (χ1) is 9.22. The lowest BCUT2D eigenvalue weighted by atomic mass is 9.80. The molecule has 1 aromatic rings. The summed E-state index contributed by atoms with van der Waals surface area (Å²) in [6.45, 7) is 4.83. The lowest BCUT2D eigenvalue weighted by Crippen LogP contribution is -2.39. The summed E-state index contributed by atoms with van der Waals surface area (Å²) in [5.74, 6) is 2.66. The molecule has 0 aliphatic heterocycles. The molecule has 0 spiro atoms. The summed E-state index contributed by atoms with van der Waals surface area (Å²) in [7, 11) is 0. The zero-order valence-corrected chi connectivity index (χ0v) is 12.3. The number of hydrogen-bond acceptors (Lipinski definition) is 1. The molecule has 0 aromatic heterocycles. The fourth-order valence-corrected chi connectivity index (χ4v) is 3.93. The first-order valence-electron chi connectivity index (χ1n) is 8.03. The van der Waals surface area contributed by atoms with Crippen molar-refractivity contribution in [2.45, 2.75) is 58.0 Å². The molecular weight excluding hydrogens is 230 g/mol. The van der Waals surface area contributed by atoms with Crippen LogP contribution in [0.15, 0.2) is 30.3 Å². The molecule has 2 fully saturated rings. The van der Waals surface area contributed by atoms with Gasteiger partial charge in [0, 0.05) is 12.1 Å². The summed E-state index contributed by atoms with van der Waals surface area (Å²) in [6.07, 6.45) is 6.95. The maximum Gasteiger partial charge on any atom is 0.0351 e. The smallest absolute Gasteiger partial charge is 0.0351 e. The van der Waals surface area contributed by atoms with Crippen LogP contribution in [0.1, 0.15) is 57.6 Å². The van der Waals surface area contributed by atoms with Gasteiger partial charge in [0.25, 0.3) is 0 Å². The van der Waals surface area contributed by atoms with E-state index in [1.807, 2.05) is 0 Å². The monoisotopic (exact) mass is 257 g/mol. The van der Waals surface area contributed by atoms with Crippen molar-refractivity contribution in [2.75, 3.05) is 0 Å². The van der Waals surface area contributed by atoms with Gasteiger partial charge in [0.05, 0.1) is 0 Å². The molecule has 2 aliphatic carbocycles. The minimum atomic E-state index is 0.601. The van der Waals surface area contributed by atoms with Crippen molar-refractivity contribution in [1.82, 2.24) is 5.32 Å². The van der Waals surface area contributed by atoms with Gasteiger partial charge in [0.2, 0.25) is 0 Å².